The molecule has 5 nitrogen and oxygen atoms in total. The Morgan fingerprint density at radius 1 is 1.12 bits per heavy atom. The fourth-order valence-electron chi connectivity index (χ4n) is 1.21. The van der Waals surface area contributed by atoms with Crippen molar-refractivity contribution in [1.29, 1.82) is 0 Å². The van der Waals surface area contributed by atoms with Gasteiger partial charge < -0.3 is 15.7 Å². The molecule has 1 aromatic rings. The molecule has 3 N–H and O–H groups in total. The first kappa shape index (κ1) is 10.5. The number of hydrogen-bond donors (Lipinski definition) is 3. The van der Waals surface area contributed by atoms with Gasteiger partial charge in [0.2, 0.25) is 0 Å². The van der Waals surface area contributed by atoms with Crippen molar-refractivity contribution in [2.45, 2.75) is 18.9 Å². The molecule has 0 aromatic heterocycles. The van der Waals surface area contributed by atoms with Gasteiger partial charge in [0.25, 0.3) is 0 Å². The molecule has 5 heteroatoms. The van der Waals surface area contributed by atoms with E-state index in [1.54, 1.807) is 0 Å². The zero-order chi connectivity index (χ0) is 11.5. The predicted octanol–water partition coefficient (Wildman–Crippen LogP) is 0.609. The molecule has 1 fully saturated rings. The molecule has 16 heavy (non-hydrogen) atoms. The molecule has 2 rings (SSSR count). The Labute approximate surface area is 92.5 Å². The average Bonchev–Trinajstić information content (AvgIpc) is 3.05. The summed E-state index contributed by atoms with van der Waals surface area (Å²) in [5, 5.41) is 14.1. The Hall–Kier alpha value is -2.04. The van der Waals surface area contributed by atoms with Crippen LogP contribution >= 0.6 is 0 Å². The van der Waals surface area contributed by atoms with Gasteiger partial charge in [-0.15, -0.1) is 0 Å². The molecule has 1 aliphatic carbocycles. The number of amides is 2. The molecule has 0 bridgehead atoms. The summed E-state index contributed by atoms with van der Waals surface area (Å²) in [4.78, 5) is 22.7. The van der Waals surface area contributed by atoms with Crippen LogP contribution in [0.25, 0.3) is 0 Å². The third-order valence-electron chi connectivity index (χ3n) is 2.24. The van der Waals surface area contributed by atoms with Crippen LogP contribution < -0.4 is 10.6 Å². The molecule has 0 aliphatic heterocycles. The molecule has 1 aromatic carbocycles. The maximum absolute atomic E-state index is 11.4. The molecule has 1 saturated carbocycles. The van der Waals surface area contributed by atoms with E-state index >= 15 is 0 Å². The van der Waals surface area contributed by atoms with Gasteiger partial charge in [0.05, 0.1) is 0 Å². The first-order chi connectivity index (χ1) is 7.65. The highest BCUT2D eigenvalue weighted by Crippen LogP contribution is 2.18. The van der Waals surface area contributed by atoms with Crippen LogP contribution in [0.5, 0.6) is 5.75 Å². The van der Waals surface area contributed by atoms with Gasteiger partial charge >= 0.3 is 11.8 Å². The Bertz CT molecular complexity index is 410. The Kier molecular flexibility index (Phi) is 2.76. The minimum Gasteiger partial charge on any atom is -0.508 e. The molecule has 1 aliphatic rings. The number of phenols is 1. The van der Waals surface area contributed by atoms with Crippen molar-refractivity contribution >= 4 is 17.5 Å². The summed E-state index contributed by atoms with van der Waals surface area (Å²) in [5.41, 5.74) is 0.480. The van der Waals surface area contributed by atoms with Crippen molar-refractivity contribution in [3.8, 4) is 5.75 Å². The van der Waals surface area contributed by atoms with Crippen molar-refractivity contribution in [3.05, 3.63) is 24.3 Å². The van der Waals surface area contributed by atoms with Crippen LogP contribution in [0.3, 0.4) is 0 Å². The van der Waals surface area contributed by atoms with Crippen LogP contribution in [0.4, 0.5) is 5.69 Å². The molecule has 0 heterocycles. The third kappa shape index (κ3) is 2.73. The highest BCUT2D eigenvalue weighted by molar-refractivity contribution is 6.39. The summed E-state index contributed by atoms with van der Waals surface area (Å²) in [6.45, 7) is 0. The van der Waals surface area contributed by atoms with E-state index in [0.717, 1.165) is 12.8 Å². The second-order valence-corrected chi connectivity index (χ2v) is 3.75. The van der Waals surface area contributed by atoms with Crippen molar-refractivity contribution < 1.29 is 14.7 Å². The van der Waals surface area contributed by atoms with Crippen molar-refractivity contribution in [1.82, 2.24) is 5.32 Å². The number of anilines is 1. The lowest BCUT2D eigenvalue weighted by Crippen LogP contribution is -2.36. The van der Waals surface area contributed by atoms with Gasteiger partial charge in [0.15, 0.2) is 0 Å². The summed E-state index contributed by atoms with van der Waals surface area (Å²) in [7, 11) is 0. The molecule has 0 radical (unpaired) electrons. The maximum atomic E-state index is 11.4. The first-order valence-corrected chi connectivity index (χ1v) is 5.06. The summed E-state index contributed by atoms with van der Waals surface area (Å²) in [6, 6.07) is 6.09. The fraction of sp³-hybridized carbons (Fsp3) is 0.273. The van der Waals surface area contributed by atoms with E-state index < -0.39 is 11.8 Å². The molecule has 0 saturated heterocycles. The lowest BCUT2D eigenvalue weighted by Gasteiger charge is -2.05. The molecule has 0 atom stereocenters. The zero-order valence-electron chi connectivity index (χ0n) is 8.56. The molecule has 0 unspecified atom stereocenters. The van der Waals surface area contributed by atoms with E-state index in [0.29, 0.717) is 5.69 Å². The molecule has 0 spiro atoms. The van der Waals surface area contributed by atoms with E-state index in [9.17, 15) is 9.59 Å². The van der Waals surface area contributed by atoms with Crippen LogP contribution in [-0.2, 0) is 9.59 Å². The second kappa shape index (κ2) is 4.22. The number of benzene rings is 1. The Balaban J connectivity index is 1.90. The third-order valence-corrected chi connectivity index (χ3v) is 2.24. The molecular weight excluding hydrogens is 208 g/mol. The summed E-state index contributed by atoms with van der Waals surface area (Å²) >= 11 is 0. The van der Waals surface area contributed by atoms with Crippen LogP contribution in [-0.4, -0.2) is 23.0 Å². The molecular formula is C11H12N2O3. The standard InChI is InChI=1S/C11H12N2O3/c14-9-5-3-8(4-6-9)13-11(16)10(15)12-7-1-2-7/h3-7,14H,1-2H2,(H,12,15)(H,13,16). The van der Waals surface area contributed by atoms with Crippen LogP contribution in [0.15, 0.2) is 24.3 Å². The van der Waals surface area contributed by atoms with E-state index in [1.807, 2.05) is 0 Å². The molecule has 84 valence electrons. The number of carbonyl (C=O) groups excluding carboxylic acids is 2. The quantitative estimate of drug-likeness (QED) is 0.504. The predicted molar refractivity (Wildman–Crippen MR) is 57.9 cm³/mol. The van der Waals surface area contributed by atoms with Crippen LogP contribution in [0.1, 0.15) is 12.8 Å². The van der Waals surface area contributed by atoms with Crippen molar-refractivity contribution in [2.24, 2.45) is 0 Å². The number of carbonyl (C=O) groups is 2. The number of nitrogens with one attached hydrogen (secondary N) is 2. The SMILES string of the molecule is O=C(Nc1ccc(O)cc1)C(=O)NC1CC1. The van der Waals surface area contributed by atoms with Crippen molar-refractivity contribution in [3.63, 3.8) is 0 Å². The average molecular weight is 220 g/mol. The zero-order valence-corrected chi connectivity index (χ0v) is 8.56. The van der Waals surface area contributed by atoms with E-state index in [-0.39, 0.29) is 11.8 Å². The van der Waals surface area contributed by atoms with Crippen molar-refractivity contribution in [2.75, 3.05) is 5.32 Å². The van der Waals surface area contributed by atoms with E-state index in [1.165, 1.54) is 24.3 Å². The van der Waals surface area contributed by atoms with Gasteiger partial charge in [-0.1, -0.05) is 0 Å². The minimum atomic E-state index is -0.683. The van der Waals surface area contributed by atoms with Gasteiger partial charge in [-0.25, -0.2) is 0 Å². The normalized spacial score (nSPS) is 14.2. The topological polar surface area (TPSA) is 78.4 Å². The summed E-state index contributed by atoms with van der Waals surface area (Å²) in [6.07, 6.45) is 1.89. The molecule has 2 amide bonds. The highest BCUT2D eigenvalue weighted by Gasteiger charge is 2.26. The van der Waals surface area contributed by atoms with Gasteiger partial charge in [0.1, 0.15) is 5.75 Å². The van der Waals surface area contributed by atoms with Gasteiger partial charge in [-0.05, 0) is 37.1 Å². The van der Waals surface area contributed by atoms with E-state index in [2.05, 4.69) is 10.6 Å². The number of phenolic OH excluding ortho intramolecular Hbond substituents is 1. The van der Waals surface area contributed by atoms with Gasteiger partial charge in [-0.2, -0.15) is 0 Å². The lowest BCUT2D eigenvalue weighted by molar-refractivity contribution is -0.136. The largest absolute Gasteiger partial charge is 0.508 e. The van der Waals surface area contributed by atoms with Gasteiger partial charge in [-0.3, -0.25) is 9.59 Å². The number of rotatable bonds is 2. The minimum absolute atomic E-state index is 0.112. The maximum Gasteiger partial charge on any atom is 0.313 e. The van der Waals surface area contributed by atoms with E-state index in [4.69, 9.17) is 5.11 Å². The highest BCUT2D eigenvalue weighted by atomic mass is 16.3. The fourth-order valence-corrected chi connectivity index (χ4v) is 1.21. The van der Waals surface area contributed by atoms with Crippen LogP contribution in [0.2, 0.25) is 0 Å². The van der Waals surface area contributed by atoms with Crippen LogP contribution in [0, 0.1) is 0 Å². The summed E-state index contributed by atoms with van der Waals surface area (Å²) < 4.78 is 0. The first-order valence-electron chi connectivity index (χ1n) is 5.06. The van der Waals surface area contributed by atoms with Gasteiger partial charge in [0, 0.05) is 11.7 Å². The Morgan fingerprint density at radius 2 is 1.75 bits per heavy atom. The smallest absolute Gasteiger partial charge is 0.313 e. The lowest BCUT2D eigenvalue weighted by atomic mass is 10.3. The monoisotopic (exact) mass is 220 g/mol. The Morgan fingerprint density at radius 3 is 2.31 bits per heavy atom. The number of aromatic hydroxyl groups is 1. The number of hydrogen-bond acceptors (Lipinski definition) is 3. The second-order valence-electron chi connectivity index (χ2n) is 3.75. The summed E-state index contributed by atoms with van der Waals surface area (Å²) in [5.74, 6) is -1.19.